The van der Waals surface area contributed by atoms with Crippen molar-refractivity contribution >= 4 is 28.7 Å². The maximum absolute atomic E-state index is 11.8. The number of non-ortho nitro benzene ring substituents is 1. The zero-order valence-electron chi connectivity index (χ0n) is 11.5. The predicted octanol–water partition coefficient (Wildman–Crippen LogP) is 2.79. The molecule has 0 spiro atoms. The number of aryl methyl sites for hydroxylation is 1. The Kier molecular flexibility index (Phi) is 4.18. The molecule has 0 bridgehead atoms. The molecule has 110 valence electrons. The Bertz CT molecular complexity index is 711. The summed E-state index contributed by atoms with van der Waals surface area (Å²) in [7, 11) is 0. The number of ether oxygens (including phenoxy) is 1. The zero-order valence-corrected chi connectivity index (χ0v) is 12.3. The average Bonchev–Trinajstić information content (AvgIpc) is 2.81. The molecule has 1 aromatic heterocycles. The van der Waals surface area contributed by atoms with Crippen molar-refractivity contribution in [2.75, 3.05) is 12.3 Å². The van der Waals surface area contributed by atoms with Crippen LogP contribution in [-0.4, -0.2) is 22.5 Å². The lowest BCUT2D eigenvalue weighted by molar-refractivity contribution is -0.384. The number of nitrogen functional groups attached to an aromatic ring is 1. The molecule has 2 rings (SSSR count). The van der Waals surface area contributed by atoms with E-state index in [-0.39, 0.29) is 12.3 Å². The van der Waals surface area contributed by atoms with Gasteiger partial charge in [0.15, 0.2) is 0 Å². The summed E-state index contributed by atoms with van der Waals surface area (Å²) in [6, 6.07) is 4.13. The molecule has 0 saturated carbocycles. The van der Waals surface area contributed by atoms with Gasteiger partial charge in [0.05, 0.1) is 17.2 Å². The summed E-state index contributed by atoms with van der Waals surface area (Å²) < 4.78 is 4.94. The highest BCUT2D eigenvalue weighted by molar-refractivity contribution is 7.17. The van der Waals surface area contributed by atoms with Crippen molar-refractivity contribution in [2.45, 2.75) is 13.8 Å². The van der Waals surface area contributed by atoms with Gasteiger partial charge in [-0.25, -0.2) is 9.78 Å². The molecule has 0 unspecified atom stereocenters. The Morgan fingerprint density at radius 3 is 2.86 bits per heavy atom. The third-order valence-corrected chi connectivity index (χ3v) is 3.91. The summed E-state index contributed by atoms with van der Waals surface area (Å²) in [6.45, 7) is 3.66. The summed E-state index contributed by atoms with van der Waals surface area (Å²) >= 11 is 1.11. The minimum atomic E-state index is -0.504. The minimum Gasteiger partial charge on any atom is -0.462 e. The quantitative estimate of drug-likeness (QED) is 0.402. The molecule has 8 heteroatoms. The van der Waals surface area contributed by atoms with Crippen LogP contribution < -0.4 is 5.73 Å². The number of carbonyl (C=O) groups is 1. The van der Waals surface area contributed by atoms with Gasteiger partial charge < -0.3 is 10.5 Å². The molecule has 0 fully saturated rings. The van der Waals surface area contributed by atoms with Gasteiger partial charge in [-0.1, -0.05) is 0 Å². The molecule has 0 saturated heterocycles. The van der Waals surface area contributed by atoms with Crippen molar-refractivity contribution in [1.29, 1.82) is 0 Å². The fourth-order valence-electron chi connectivity index (χ4n) is 1.74. The standard InChI is InChI=1S/C13H13N3O4S/c1-3-20-13(17)11-7(2)15-12(21-11)9-6-8(16(18)19)4-5-10(9)14/h4-6H,3,14H2,1-2H3. The van der Waals surface area contributed by atoms with E-state index >= 15 is 0 Å². The maximum Gasteiger partial charge on any atom is 0.350 e. The second-order valence-corrected chi connectivity index (χ2v) is 5.18. The molecule has 0 aliphatic rings. The number of rotatable bonds is 4. The van der Waals surface area contributed by atoms with E-state index in [9.17, 15) is 14.9 Å². The van der Waals surface area contributed by atoms with Crippen molar-refractivity contribution in [3.05, 3.63) is 38.9 Å². The van der Waals surface area contributed by atoms with Crippen LogP contribution in [0.25, 0.3) is 10.6 Å². The third-order valence-electron chi connectivity index (χ3n) is 2.74. The van der Waals surface area contributed by atoms with Gasteiger partial charge in [-0.3, -0.25) is 10.1 Å². The van der Waals surface area contributed by atoms with Crippen LogP contribution in [0.5, 0.6) is 0 Å². The van der Waals surface area contributed by atoms with Crippen LogP contribution in [0.15, 0.2) is 18.2 Å². The number of hydrogen-bond acceptors (Lipinski definition) is 7. The molecule has 0 aliphatic carbocycles. The first-order valence-electron chi connectivity index (χ1n) is 6.12. The van der Waals surface area contributed by atoms with E-state index in [1.807, 2.05) is 0 Å². The lowest BCUT2D eigenvalue weighted by Gasteiger charge is -2.01. The summed E-state index contributed by atoms with van der Waals surface area (Å²) in [6.07, 6.45) is 0. The van der Waals surface area contributed by atoms with Crippen LogP contribution in [0.2, 0.25) is 0 Å². The number of aromatic nitrogens is 1. The largest absolute Gasteiger partial charge is 0.462 e. The molecule has 1 aromatic carbocycles. The molecule has 2 N–H and O–H groups in total. The Hall–Kier alpha value is -2.48. The summed E-state index contributed by atoms with van der Waals surface area (Å²) in [5.41, 5.74) is 7.08. The van der Waals surface area contributed by atoms with Gasteiger partial charge in [0, 0.05) is 23.4 Å². The van der Waals surface area contributed by atoms with Crippen molar-refractivity contribution < 1.29 is 14.5 Å². The number of hydrogen-bond donors (Lipinski definition) is 1. The van der Waals surface area contributed by atoms with Crippen molar-refractivity contribution in [1.82, 2.24) is 4.98 Å². The summed E-state index contributed by atoms with van der Waals surface area (Å²) in [4.78, 5) is 26.7. The topological polar surface area (TPSA) is 108 Å². The third kappa shape index (κ3) is 3.00. The number of esters is 1. The predicted molar refractivity (Wildman–Crippen MR) is 79.3 cm³/mol. The normalized spacial score (nSPS) is 10.4. The van der Waals surface area contributed by atoms with Crippen LogP contribution >= 0.6 is 11.3 Å². The molecule has 0 radical (unpaired) electrons. The fourth-order valence-corrected chi connectivity index (χ4v) is 2.74. The second kappa shape index (κ2) is 5.88. The lowest BCUT2D eigenvalue weighted by atomic mass is 10.1. The molecule has 0 atom stereocenters. The smallest absolute Gasteiger partial charge is 0.350 e. The number of nitro groups is 1. The Labute approximate surface area is 124 Å². The lowest BCUT2D eigenvalue weighted by Crippen LogP contribution is -2.03. The first-order chi connectivity index (χ1) is 9.93. The van der Waals surface area contributed by atoms with E-state index in [1.54, 1.807) is 13.8 Å². The van der Waals surface area contributed by atoms with Crippen molar-refractivity contribution in [3.63, 3.8) is 0 Å². The molecule has 1 heterocycles. The first-order valence-corrected chi connectivity index (χ1v) is 6.94. The Morgan fingerprint density at radius 1 is 1.52 bits per heavy atom. The highest BCUT2D eigenvalue weighted by Crippen LogP contribution is 2.34. The number of thiazole rings is 1. The molecule has 0 aliphatic heterocycles. The Balaban J connectivity index is 2.48. The molecule has 7 nitrogen and oxygen atoms in total. The van der Waals surface area contributed by atoms with Gasteiger partial charge in [0.1, 0.15) is 9.88 Å². The highest BCUT2D eigenvalue weighted by atomic mass is 32.1. The van der Waals surface area contributed by atoms with Crippen molar-refractivity contribution in [2.24, 2.45) is 0 Å². The van der Waals surface area contributed by atoms with E-state index in [0.717, 1.165) is 11.3 Å². The van der Waals surface area contributed by atoms with E-state index in [2.05, 4.69) is 4.98 Å². The monoisotopic (exact) mass is 307 g/mol. The highest BCUT2D eigenvalue weighted by Gasteiger charge is 2.19. The van der Waals surface area contributed by atoms with Crippen LogP contribution in [0.3, 0.4) is 0 Å². The molecule has 2 aromatic rings. The summed E-state index contributed by atoms with van der Waals surface area (Å²) in [5.74, 6) is -0.456. The average molecular weight is 307 g/mol. The van der Waals surface area contributed by atoms with Gasteiger partial charge in [-0.05, 0) is 19.9 Å². The molecular weight excluding hydrogens is 294 g/mol. The maximum atomic E-state index is 11.8. The zero-order chi connectivity index (χ0) is 15.6. The number of carbonyl (C=O) groups excluding carboxylic acids is 1. The van der Waals surface area contributed by atoms with Gasteiger partial charge in [0.2, 0.25) is 0 Å². The molecule has 0 amide bonds. The number of benzene rings is 1. The first kappa shape index (κ1) is 14.9. The van der Waals surface area contributed by atoms with E-state index < -0.39 is 10.9 Å². The van der Waals surface area contributed by atoms with Gasteiger partial charge >= 0.3 is 5.97 Å². The molecule has 21 heavy (non-hydrogen) atoms. The fraction of sp³-hybridized carbons (Fsp3) is 0.231. The van der Waals surface area contributed by atoms with E-state index in [4.69, 9.17) is 10.5 Å². The van der Waals surface area contributed by atoms with E-state index in [1.165, 1.54) is 18.2 Å². The van der Waals surface area contributed by atoms with Crippen LogP contribution in [0.4, 0.5) is 11.4 Å². The summed E-state index contributed by atoms with van der Waals surface area (Å²) in [5, 5.41) is 11.3. The van der Waals surface area contributed by atoms with Gasteiger partial charge in [-0.15, -0.1) is 11.3 Å². The molecular formula is C13H13N3O4S. The number of nitrogens with two attached hydrogens (primary N) is 1. The number of anilines is 1. The number of nitro benzene ring substituents is 1. The Morgan fingerprint density at radius 2 is 2.24 bits per heavy atom. The van der Waals surface area contributed by atoms with E-state index in [0.29, 0.717) is 26.8 Å². The van der Waals surface area contributed by atoms with Gasteiger partial charge in [-0.2, -0.15) is 0 Å². The SMILES string of the molecule is CCOC(=O)c1sc(-c2cc([N+](=O)[O-])ccc2N)nc1C. The van der Waals surface area contributed by atoms with Crippen LogP contribution in [0.1, 0.15) is 22.3 Å². The minimum absolute atomic E-state index is 0.0789. The van der Waals surface area contributed by atoms with Gasteiger partial charge in [0.25, 0.3) is 5.69 Å². The van der Waals surface area contributed by atoms with Crippen molar-refractivity contribution in [3.8, 4) is 10.6 Å². The van der Waals surface area contributed by atoms with Crippen LogP contribution in [0, 0.1) is 17.0 Å². The number of nitrogens with zero attached hydrogens (tertiary/aromatic N) is 2. The second-order valence-electron chi connectivity index (χ2n) is 4.18. The van der Waals surface area contributed by atoms with Crippen LogP contribution in [-0.2, 0) is 4.74 Å².